The van der Waals surface area contributed by atoms with E-state index in [1.54, 1.807) is 6.92 Å². The fraction of sp³-hybridized carbons (Fsp3) is 0.562. The van der Waals surface area contributed by atoms with Gasteiger partial charge in [-0.05, 0) is 44.0 Å². The van der Waals surface area contributed by atoms with Gasteiger partial charge in [-0.1, -0.05) is 31.5 Å². The summed E-state index contributed by atoms with van der Waals surface area (Å²) in [6, 6.07) is 6.03. The van der Waals surface area contributed by atoms with E-state index in [1.807, 2.05) is 26.0 Å². The highest BCUT2D eigenvalue weighted by atomic mass is 35.5. The molecule has 1 unspecified atom stereocenters. The Hall–Kier alpha value is -0.530. The fourth-order valence-corrected chi connectivity index (χ4v) is 4.43. The monoisotopic (exact) mass is 298 g/mol. The molecule has 2 rings (SSSR count). The smallest absolute Gasteiger partial charge is 0.130 e. The lowest BCUT2D eigenvalue weighted by Crippen LogP contribution is -2.15. The van der Waals surface area contributed by atoms with Gasteiger partial charge in [0.2, 0.25) is 0 Å². The molecule has 19 heavy (non-hydrogen) atoms. The third-order valence-corrected chi connectivity index (χ3v) is 6.25. The maximum absolute atomic E-state index is 11.6. The normalized spacial score (nSPS) is 37.2. The largest absolute Gasteiger partial charge is 0.300 e. The molecule has 0 spiro atoms. The summed E-state index contributed by atoms with van der Waals surface area (Å²) >= 11 is 12.9. The van der Waals surface area contributed by atoms with Crippen LogP contribution in [0.25, 0.3) is 0 Å². The van der Waals surface area contributed by atoms with Crippen molar-refractivity contribution in [1.29, 1.82) is 0 Å². The highest BCUT2D eigenvalue weighted by Crippen LogP contribution is 2.77. The second-order valence-electron chi connectivity index (χ2n) is 6.36. The quantitative estimate of drug-likeness (QED) is 0.725. The zero-order valence-electron chi connectivity index (χ0n) is 12.1. The van der Waals surface area contributed by atoms with Crippen molar-refractivity contribution in [3.63, 3.8) is 0 Å². The zero-order chi connectivity index (χ0) is 14.6. The third kappa shape index (κ3) is 1.86. The van der Waals surface area contributed by atoms with E-state index in [2.05, 4.69) is 19.9 Å². The predicted molar refractivity (Wildman–Crippen MR) is 81.2 cm³/mol. The molecule has 0 amide bonds. The van der Waals surface area contributed by atoms with Crippen LogP contribution in [0.15, 0.2) is 18.2 Å². The number of hydrogen-bond donors (Lipinski definition) is 0. The van der Waals surface area contributed by atoms with E-state index in [0.29, 0.717) is 6.42 Å². The summed E-state index contributed by atoms with van der Waals surface area (Å²) in [5.41, 5.74) is 1.78. The summed E-state index contributed by atoms with van der Waals surface area (Å²) in [7, 11) is 0. The van der Waals surface area contributed by atoms with E-state index in [-0.39, 0.29) is 16.6 Å². The average molecular weight is 299 g/mol. The van der Waals surface area contributed by atoms with Crippen LogP contribution >= 0.6 is 23.2 Å². The van der Waals surface area contributed by atoms with Crippen molar-refractivity contribution < 1.29 is 4.79 Å². The first kappa shape index (κ1) is 14.9. The van der Waals surface area contributed by atoms with E-state index >= 15 is 0 Å². The molecule has 1 nitrogen and oxygen atoms in total. The topological polar surface area (TPSA) is 17.1 Å². The molecule has 0 heterocycles. The van der Waals surface area contributed by atoms with E-state index in [9.17, 15) is 4.79 Å². The van der Waals surface area contributed by atoms with Crippen LogP contribution in [0.5, 0.6) is 0 Å². The Bertz CT molecular complexity index is 529. The Labute approximate surface area is 125 Å². The first-order chi connectivity index (χ1) is 8.56. The Morgan fingerprint density at radius 3 is 2.26 bits per heavy atom. The molecule has 1 aliphatic carbocycles. The molecule has 3 atom stereocenters. The molecule has 0 radical (unpaired) electrons. The maximum atomic E-state index is 11.6. The second-order valence-corrected chi connectivity index (χ2v) is 7.55. The van der Waals surface area contributed by atoms with Gasteiger partial charge in [-0.25, -0.2) is 0 Å². The molecule has 0 bridgehead atoms. The Balaban J connectivity index is 2.51. The van der Waals surface area contributed by atoms with Crippen LogP contribution < -0.4 is 0 Å². The number of carbonyl (C=O) groups is 1. The Morgan fingerprint density at radius 2 is 1.79 bits per heavy atom. The Morgan fingerprint density at radius 1 is 1.21 bits per heavy atom. The van der Waals surface area contributed by atoms with Crippen molar-refractivity contribution in [3.8, 4) is 0 Å². The van der Waals surface area contributed by atoms with Crippen LogP contribution in [0.4, 0.5) is 0 Å². The number of carbonyl (C=O) groups excluding carboxylic acids is 1. The Kier molecular flexibility index (Phi) is 3.31. The van der Waals surface area contributed by atoms with Crippen LogP contribution in [0.3, 0.4) is 0 Å². The van der Waals surface area contributed by atoms with Gasteiger partial charge in [0.15, 0.2) is 0 Å². The number of aryl methyl sites for hydroxylation is 1. The SMILES string of the molecule is CC(=O)C[C@]1(C)C(C)(Cl)[C@@]1(C)c1cc(C)cc(Cl)c1. The maximum Gasteiger partial charge on any atom is 0.130 e. The van der Waals surface area contributed by atoms with Crippen molar-refractivity contribution in [2.75, 3.05) is 0 Å². The molecule has 1 fully saturated rings. The molecule has 1 aliphatic rings. The molecule has 3 heteroatoms. The van der Waals surface area contributed by atoms with Gasteiger partial charge in [-0.3, -0.25) is 0 Å². The number of alkyl halides is 1. The predicted octanol–water partition coefficient (Wildman–Crippen LogP) is 4.90. The molecule has 0 saturated heterocycles. The lowest BCUT2D eigenvalue weighted by molar-refractivity contribution is -0.118. The van der Waals surface area contributed by atoms with Gasteiger partial charge in [-0.15, -0.1) is 11.6 Å². The summed E-state index contributed by atoms with van der Waals surface area (Å²) in [5, 5.41) is 0.723. The summed E-state index contributed by atoms with van der Waals surface area (Å²) in [5.74, 6) is 0.178. The molecule has 1 aromatic carbocycles. The second kappa shape index (κ2) is 4.23. The van der Waals surface area contributed by atoms with Crippen molar-refractivity contribution in [1.82, 2.24) is 0 Å². The summed E-state index contributed by atoms with van der Waals surface area (Å²) < 4.78 is 0. The highest BCUT2D eigenvalue weighted by molar-refractivity contribution is 6.31. The minimum absolute atomic E-state index is 0.178. The minimum Gasteiger partial charge on any atom is -0.300 e. The van der Waals surface area contributed by atoms with Crippen LogP contribution in [0.1, 0.15) is 45.2 Å². The lowest BCUT2D eigenvalue weighted by Gasteiger charge is -2.18. The molecule has 0 N–H and O–H groups in total. The van der Waals surface area contributed by atoms with Crippen molar-refractivity contribution in [2.45, 2.75) is 51.3 Å². The summed E-state index contributed by atoms with van der Waals surface area (Å²) in [4.78, 5) is 11.1. The standard InChI is InChI=1S/C16H20Cl2O/c1-10-6-12(8-13(17)7-10)15(4)14(3,9-11(2)19)16(15,5)18/h6-8H,9H2,1-5H3/t14-,15-,16?/m0/s1. The van der Waals surface area contributed by atoms with E-state index in [0.717, 1.165) is 16.1 Å². The minimum atomic E-state index is -0.428. The number of ketones is 1. The van der Waals surface area contributed by atoms with E-state index < -0.39 is 4.87 Å². The highest BCUT2D eigenvalue weighted by Gasteiger charge is 2.79. The molecule has 0 aliphatic heterocycles. The van der Waals surface area contributed by atoms with Gasteiger partial charge in [0, 0.05) is 22.3 Å². The van der Waals surface area contributed by atoms with E-state index in [4.69, 9.17) is 23.2 Å². The zero-order valence-corrected chi connectivity index (χ0v) is 13.6. The van der Waals surface area contributed by atoms with Gasteiger partial charge in [0.25, 0.3) is 0 Å². The third-order valence-electron chi connectivity index (χ3n) is 5.24. The molecule has 0 aromatic heterocycles. The van der Waals surface area contributed by atoms with Crippen LogP contribution in [-0.4, -0.2) is 10.7 Å². The van der Waals surface area contributed by atoms with Crippen molar-refractivity contribution in [3.05, 3.63) is 34.3 Å². The first-order valence-corrected chi connectivity index (χ1v) is 7.28. The summed E-state index contributed by atoms with van der Waals surface area (Å²) in [6.07, 6.45) is 0.495. The fourth-order valence-electron chi connectivity index (χ4n) is 3.61. The number of hydrogen-bond acceptors (Lipinski definition) is 1. The van der Waals surface area contributed by atoms with E-state index in [1.165, 1.54) is 0 Å². The first-order valence-electron chi connectivity index (χ1n) is 6.52. The van der Waals surface area contributed by atoms with Crippen LogP contribution in [0.2, 0.25) is 5.02 Å². The number of benzene rings is 1. The average Bonchev–Trinajstić information content (AvgIpc) is 2.56. The molecular formula is C16H20Cl2O. The number of halogens is 2. The van der Waals surface area contributed by atoms with Gasteiger partial charge in [0.1, 0.15) is 5.78 Å². The van der Waals surface area contributed by atoms with Crippen LogP contribution in [-0.2, 0) is 10.2 Å². The molecule has 1 saturated carbocycles. The van der Waals surface area contributed by atoms with Gasteiger partial charge in [-0.2, -0.15) is 0 Å². The number of Topliss-reactive ketones (excluding diaryl/α,β-unsaturated/α-hetero) is 1. The van der Waals surface area contributed by atoms with Crippen LogP contribution in [0, 0.1) is 12.3 Å². The van der Waals surface area contributed by atoms with Gasteiger partial charge < -0.3 is 4.79 Å². The summed E-state index contributed by atoms with van der Waals surface area (Å²) in [6.45, 7) is 9.90. The van der Waals surface area contributed by atoms with Crippen molar-refractivity contribution in [2.24, 2.45) is 5.41 Å². The van der Waals surface area contributed by atoms with Crippen molar-refractivity contribution >= 4 is 29.0 Å². The van der Waals surface area contributed by atoms with Gasteiger partial charge >= 0.3 is 0 Å². The lowest BCUT2D eigenvalue weighted by atomic mass is 9.85. The number of rotatable bonds is 3. The molecular weight excluding hydrogens is 279 g/mol. The molecule has 1 aromatic rings. The molecule has 104 valence electrons. The van der Waals surface area contributed by atoms with Gasteiger partial charge in [0.05, 0.1) is 4.87 Å².